The average Bonchev–Trinajstić information content (AvgIpc) is 3.06. The Bertz CT molecular complexity index is 236. The van der Waals surface area contributed by atoms with Crippen molar-refractivity contribution in [1.82, 2.24) is 9.80 Å². The van der Waals surface area contributed by atoms with E-state index in [1.807, 2.05) is 7.05 Å². The van der Waals surface area contributed by atoms with E-state index in [0.717, 1.165) is 13.1 Å². The van der Waals surface area contributed by atoms with Gasteiger partial charge < -0.3 is 4.90 Å². The third-order valence-electron chi connectivity index (χ3n) is 3.17. The van der Waals surface area contributed by atoms with Gasteiger partial charge in [0.1, 0.15) is 0 Å². The molecule has 0 aromatic rings. The van der Waals surface area contributed by atoms with Crippen LogP contribution in [0.25, 0.3) is 0 Å². The first-order valence-electron chi connectivity index (χ1n) is 7.02. The van der Waals surface area contributed by atoms with Crippen LogP contribution in [0.3, 0.4) is 0 Å². The van der Waals surface area contributed by atoms with Crippen LogP contribution in [0.15, 0.2) is 0 Å². The van der Waals surface area contributed by atoms with Crippen LogP contribution in [-0.2, 0) is 4.79 Å². The fourth-order valence-corrected chi connectivity index (χ4v) is 2.06. The van der Waals surface area contributed by atoms with Crippen molar-refractivity contribution in [3.05, 3.63) is 0 Å². The number of hydrogen-bond acceptors (Lipinski definition) is 2. The van der Waals surface area contributed by atoms with Gasteiger partial charge in [-0.05, 0) is 38.8 Å². The molecule has 3 nitrogen and oxygen atoms in total. The van der Waals surface area contributed by atoms with E-state index in [0.29, 0.717) is 24.4 Å². The highest BCUT2D eigenvalue weighted by Crippen LogP contribution is 2.27. The van der Waals surface area contributed by atoms with Gasteiger partial charge in [0, 0.05) is 12.6 Å². The molecular formula is C14H28N2O. The molecule has 1 rings (SSSR count). The van der Waals surface area contributed by atoms with E-state index in [1.54, 1.807) is 0 Å². The highest BCUT2D eigenvalue weighted by atomic mass is 16.2. The van der Waals surface area contributed by atoms with Gasteiger partial charge in [-0.1, -0.05) is 27.2 Å². The summed E-state index contributed by atoms with van der Waals surface area (Å²) < 4.78 is 0. The molecule has 0 aromatic carbocycles. The van der Waals surface area contributed by atoms with Crippen LogP contribution in [-0.4, -0.2) is 48.4 Å². The number of carbonyl (C=O) groups is 1. The minimum atomic E-state index is 0.319. The van der Waals surface area contributed by atoms with Gasteiger partial charge in [0.15, 0.2) is 0 Å². The zero-order valence-electron chi connectivity index (χ0n) is 11.9. The number of rotatable bonds is 8. The highest BCUT2D eigenvalue weighted by molar-refractivity contribution is 5.78. The van der Waals surface area contributed by atoms with Crippen LogP contribution in [0, 0.1) is 5.92 Å². The Morgan fingerprint density at radius 2 is 2.00 bits per heavy atom. The predicted molar refractivity (Wildman–Crippen MR) is 72.0 cm³/mol. The van der Waals surface area contributed by atoms with Crippen molar-refractivity contribution in [3.63, 3.8) is 0 Å². The summed E-state index contributed by atoms with van der Waals surface area (Å²) in [5, 5.41) is 0. The molecule has 0 atom stereocenters. The molecule has 1 saturated carbocycles. The predicted octanol–water partition coefficient (Wildman–Crippen LogP) is 2.37. The lowest BCUT2D eigenvalue weighted by molar-refractivity contribution is -0.133. The van der Waals surface area contributed by atoms with E-state index in [-0.39, 0.29) is 0 Å². The lowest BCUT2D eigenvalue weighted by atomic mass is 10.2. The van der Waals surface area contributed by atoms with Crippen LogP contribution in [0.5, 0.6) is 0 Å². The molecule has 0 spiro atoms. The fraction of sp³-hybridized carbons (Fsp3) is 0.929. The SMILES string of the molecule is CCCCN(C)CC(=O)N(CC(C)C)C1CC1. The Labute approximate surface area is 106 Å². The molecule has 17 heavy (non-hydrogen) atoms. The van der Waals surface area contributed by atoms with E-state index in [9.17, 15) is 4.79 Å². The van der Waals surface area contributed by atoms with Crippen molar-refractivity contribution in [2.24, 2.45) is 5.92 Å². The van der Waals surface area contributed by atoms with Crippen molar-refractivity contribution in [3.8, 4) is 0 Å². The average molecular weight is 240 g/mol. The Morgan fingerprint density at radius 1 is 1.35 bits per heavy atom. The van der Waals surface area contributed by atoms with Gasteiger partial charge in [0.05, 0.1) is 6.54 Å². The lowest BCUT2D eigenvalue weighted by Gasteiger charge is -2.27. The summed E-state index contributed by atoms with van der Waals surface area (Å²) in [6, 6.07) is 0.546. The molecule has 1 aliphatic rings. The molecule has 0 aliphatic heterocycles. The van der Waals surface area contributed by atoms with Crippen molar-refractivity contribution in [1.29, 1.82) is 0 Å². The number of unbranched alkanes of at least 4 members (excludes halogenated alkanes) is 1. The number of hydrogen-bond donors (Lipinski definition) is 0. The maximum Gasteiger partial charge on any atom is 0.236 e. The third kappa shape index (κ3) is 5.53. The van der Waals surface area contributed by atoms with E-state index >= 15 is 0 Å². The summed E-state index contributed by atoms with van der Waals surface area (Å²) in [5.74, 6) is 0.889. The Balaban J connectivity index is 2.36. The molecule has 0 N–H and O–H groups in total. The largest absolute Gasteiger partial charge is 0.338 e. The summed E-state index contributed by atoms with van der Waals surface area (Å²) in [7, 11) is 2.05. The van der Waals surface area contributed by atoms with Crippen LogP contribution < -0.4 is 0 Å². The van der Waals surface area contributed by atoms with Crippen molar-refractivity contribution < 1.29 is 4.79 Å². The number of amides is 1. The molecule has 0 saturated heterocycles. The van der Waals surface area contributed by atoms with E-state index in [1.165, 1.54) is 25.7 Å². The maximum atomic E-state index is 12.2. The minimum Gasteiger partial charge on any atom is -0.338 e. The topological polar surface area (TPSA) is 23.6 Å². The molecule has 0 aromatic heterocycles. The maximum absolute atomic E-state index is 12.2. The van der Waals surface area contributed by atoms with Crippen LogP contribution in [0.4, 0.5) is 0 Å². The molecule has 0 bridgehead atoms. The van der Waals surface area contributed by atoms with Crippen molar-refractivity contribution in [2.75, 3.05) is 26.7 Å². The van der Waals surface area contributed by atoms with Crippen molar-refractivity contribution in [2.45, 2.75) is 52.5 Å². The second-order valence-corrected chi connectivity index (χ2v) is 5.76. The molecule has 0 heterocycles. The Hall–Kier alpha value is -0.570. The quantitative estimate of drug-likeness (QED) is 0.650. The lowest BCUT2D eigenvalue weighted by Crippen LogP contribution is -2.42. The van der Waals surface area contributed by atoms with Gasteiger partial charge in [0.2, 0.25) is 5.91 Å². The van der Waals surface area contributed by atoms with E-state index in [4.69, 9.17) is 0 Å². The summed E-state index contributed by atoms with van der Waals surface area (Å²) in [4.78, 5) is 16.5. The monoisotopic (exact) mass is 240 g/mol. The Kier molecular flexibility index (Phi) is 5.96. The molecule has 3 heteroatoms. The number of carbonyl (C=O) groups excluding carboxylic acids is 1. The molecule has 0 radical (unpaired) electrons. The normalized spacial score (nSPS) is 15.6. The van der Waals surface area contributed by atoms with Gasteiger partial charge in [0.25, 0.3) is 0 Å². The minimum absolute atomic E-state index is 0.319. The first-order valence-corrected chi connectivity index (χ1v) is 7.02. The van der Waals surface area contributed by atoms with Gasteiger partial charge in [-0.25, -0.2) is 0 Å². The zero-order valence-corrected chi connectivity index (χ0v) is 11.9. The first-order chi connectivity index (χ1) is 8.04. The second-order valence-electron chi connectivity index (χ2n) is 5.76. The highest BCUT2D eigenvalue weighted by Gasteiger charge is 2.32. The summed E-state index contributed by atoms with van der Waals surface area (Å²) in [5.41, 5.74) is 0. The van der Waals surface area contributed by atoms with Crippen LogP contribution in [0.2, 0.25) is 0 Å². The molecular weight excluding hydrogens is 212 g/mol. The molecule has 0 unspecified atom stereocenters. The zero-order chi connectivity index (χ0) is 12.8. The smallest absolute Gasteiger partial charge is 0.236 e. The third-order valence-corrected chi connectivity index (χ3v) is 3.17. The molecule has 1 amide bonds. The first kappa shape index (κ1) is 14.5. The second kappa shape index (κ2) is 7.00. The molecule has 1 fully saturated rings. The van der Waals surface area contributed by atoms with Gasteiger partial charge in [-0.15, -0.1) is 0 Å². The van der Waals surface area contributed by atoms with Gasteiger partial charge in [-0.3, -0.25) is 9.69 Å². The van der Waals surface area contributed by atoms with Crippen molar-refractivity contribution >= 4 is 5.91 Å². The molecule has 100 valence electrons. The summed E-state index contributed by atoms with van der Waals surface area (Å²) >= 11 is 0. The van der Waals surface area contributed by atoms with Crippen LogP contribution >= 0.6 is 0 Å². The van der Waals surface area contributed by atoms with Gasteiger partial charge in [-0.2, -0.15) is 0 Å². The van der Waals surface area contributed by atoms with E-state index < -0.39 is 0 Å². The Morgan fingerprint density at radius 3 is 2.47 bits per heavy atom. The fourth-order valence-electron chi connectivity index (χ4n) is 2.06. The van der Waals surface area contributed by atoms with Gasteiger partial charge >= 0.3 is 0 Å². The molecule has 1 aliphatic carbocycles. The number of likely N-dealkylation sites (N-methyl/N-ethyl adjacent to an activating group) is 1. The number of nitrogens with zero attached hydrogens (tertiary/aromatic N) is 2. The summed E-state index contributed by atoms with van der Waals surface area (Å²) in [6.07, 6.45) is 4.78. The van der Waals surface area contributed by atoms with Crippen LogP contribution in [0.1, 0.15) is 46.5 Å². The van der Waals surface area contributed by atoms with E-state index in [2.05, 4.69) is 30.6 Å². The standard InChI is InChI=1S/C14H28N2O/c1-5-6-9-15(4)11-14(17)16(10-12(2)3)13-7-8-13/h12-13H,5-11H2,1-4H3. The summed E-state index contributed by atoms with van der Waals surface area (Å²) in [6.45, 7) is 9.09.